The summed E-state index contributed by atoms with van der Waals surface area (Å²) in [6.07, 6.45) is 11.9. The average Bonchev–Trinajstić information content (AvgIpc) is 3.59. The molecule has 6 rings (SSSR count). The molecular formula is C37H40HfSi. The van der Waals surface area contributed by atoms with Gasteiger partial charge in [-0.2, -0.15) is 0 Å². The molecule has 0 N–H and O–H groups in total. The number of allylic oxidation sites excluding steroid dienone is 2. The molecule has 2 unspecified atom stereocenters. The zero-order valence-corrected chi connectivity index (χ0v) is 28.8. The topological polar surface area (TPSA) is 0 Å². The monoisotopic (exact) mass is 692 g/mol. The minimum absolute atomic E-state index is 0.403. The molecule has 0 saturated carbocycles. The number of fused-ring (bicyclic) bond motifs is 2. The molecule has 2 atom stereocenters. The van der Waals surface area contributed by atoms with Gasteiger partial charge in [0, 0.05) is 0 Å². The Kier molecular flexibility index (Phi) is 6.92. The van der Waals surface area contributed by atoms with E-state index in [1.807, 2.05) is 0 Å². The molecule has 4 aromatic carbocycles. The second-order valence-corrected chi connectivity index (χ2v) is 57.0. The third kappa shape index (κ3) is 4.35. The van der Waals surface area contributed by atoms with Gasteiger partial charge in [-0.3, -0.25) is 0 Å². The van der Waals surface area contributed by atoms with Gasteiger partial charge in [0.1, 0.15) is 0 Å². The SMILES string of the molecule is CCC[SiH]=[Hf]([CH3])([CH3])([CH]1C=Cc2c(-c3ccccc3C)cccc21)[CH]1C=Cc2c(-c3ccccc3C)cccc21. The molecule has 0 amide bonds. The Balaban J connectivity index is 1.52. The molecule has 0 aliphatic heterocycles. The van der Waals surface area contributed by atoms with Crippen molar-refractivity contribution >= 4 is 18.4 Å². The Hall–Kier alpha value is -2.55. The van der Waals surface area contributed by atoms with E-state index >= 15 is 0 Å². The summed E-state index contributed by atoms with van der Waals surface area (Å²) in [5, 5.41) is 0. The molecule has 196 valence electrons. The first-order chi connectivity index (χ1) is 18.8. The van der Waals surface area contributed by atoms with Crippen molar-refractivity contribution in [2.45, 2.75) is 49.9 Å². The Bertz CT molecular complexity index is 1590. The molecule has 0 heterocycles. The molecule has 0 nitrogen and oxygen atoms in total. The third-order valence-corrected chi connectivity index (χ3v) is 52.5. The van der Waals surface area contributed by atoms with Crippen LogP contribution in [0.25, 0.3) is 34.4 Å². The summed E-state index contributed by atoms with van der Waals surface area (Å²) in [5.74, 6) is 0. The van der Waals surface area contributed by atoms with Crippen molar-refractivity contribution in [2.75, 3.05) is 0 Å². The van der Waals surface area contributed by atoms with Crippen molar-refractivity contribution in [3.8, 4) is 22.3 Å². The van der Waals surface area contributed by atoms with E-state index in [1.165, 1.54) is 57.0 Å². The van der Waals surface area contributed by atoms with Crippen LogP contribution in [0.5, 0.6) is 0 Å². The molecule has 0 fully saturated rings. The fraction of sp³-hybridized carbons (Fsp3) is 0.243. The first kappa shape index (κ1) is 26.7. The standard InChI is InChI=1S/2C16H13.C3H8Si.2CH3.Hf/c2*1-12-6-2-3-9-14(12)16-11-5-8-13-7-4-10-15(13)16;1-2-3-4;;;/h2*2-11H,1H3;4H,2-3H2,1H3;2*1H3;. The molecule has 0 spiro atoms. The molecule has 0 bridgehead atoms. The Labute approximate surface area is 236 Å². The molecule has 0 saturated heterocycles. The van der Waals surface area contributed by atoms with Crippen LogP contribution >= 0.6 is 0 Å². The normalized spacial score (nSPS) is 17.8. The average molecular weight is 691 g/mol. The van der Waals surface area contributed by atoms with Gasteiger partial charge in [0.2, 0.25) is 0 Å². The van der Waals surface area contributed by atoms with Crippen LogP contribution in [0.4, 0.5) is 0 Å². The predicted octanol–water partition coefficient (Wildman–Crippen LogP) is 10.4. The summed E-state index contributed by atoms with van der Waals surface area (Å²) in [7, 11) is 0. The third-order valence-electron chi connectivity index (χ3n) is 9.77. The van der Waals surface area contributed by atoms with Gasteiger partial charge < -0.3 is 0 Å². The van der Waals surface area contributed by atoms with Gasteiger partial charge in [-0.15, -0.1) is 0 Å². The van der Waals surface area contributed by atoms with E-state index in [1.54, 1.807) is 11.1 Å². The van der Waals surface area contributed by atoms with Crippen LogP contribution in [0, 0.1) is 13.8 Å². The van der Waals surface area contributed by atoms with Crippen molar-refractivity contribution in [3.63, 3.8) is 0 Å². The summed E-state index contributed by atoms with van der Waals surface area (Å²) >= 11 is -3.62. The van der Waals surface area contributed by atoms with Crippen molar-refractivity contribution in [1.29, 1.82) is 0 Å². The first-order valence-corrected chi connectivity index (χ1v) is 33.6. The number of hydrogen-bond acceptors (Lipinski definition) is 0. The maximum absolute atomic E-state index is 3.62. The van der Waals surface area contributed by atoms with Gasteiger partial charge in [0.15, 0.2) is 0 Å². The Morgan fingerprint density at radius 3 is 1.46 bits per heavy atom. The van der Waals surface area contributed by atoms with E-state index < -0.39 is 17.1 Å². The molecule has 4 aromatic rings. The minimum atomic E-state index is -3.62. The van der Waals surface area contributed by atoms with Crippen LogP contribution < -0.4 is 0 Å². The summed E-state index contributed by atoms with van der Waals surface area (Å²) in [4.78, 5) is 0. The van der Waals surface area contributed by atoms with E-state index in [-0.39, 0.29) is 0 Å². The van der Waals surface area contributed by atoms with Gasteiger partial charge in [-0.1, -0.05) is 0 Å². The molecular weight excluding hydrogens is 651 g/mol. The van der Waals surface area contributed by atoms with Crippen LogP contribution in [-0.4, -0.2) is 6.22 Å². The summed E-state index contributed by atoms with van der Waals surface area (Å²) in [6.45, 7) is 6.87. The van der Waals surface area contributed by atoms with E-state index in [4.69, 9.17) is 0 Å². The number of hydrogen-bond donors (Lipinski definition) is 0. The molecule has 39 heavy (non-hydrogen) atoms. The van der Waals surface area contributed by atoms with Crippen molar-refractivity contribution in [2.24, 2.45) is 0 Å². The molecule has 0 radical (unpaired) electrons. The van der Waals surface area contributed by atoms with Crippen LogP contribution in [0.1, 0.15) is 54.1 Å². The number of rotatable bonds is 6. The Morgan fingerprint density at radius 1 is 0.590 bits per heavy atom. The molecule has 2 aliphatic rings. The number of benzene rings is 4. The van der Waals surface area contributed by atoms with Crippen LogP contribution in [0.2, 0.25) is 15.4 Å². The summed E-state index contributed by atoms with van der Waals surface area (Å²) in [5.41, 5.74) is 14.4. The summed E-state index contributed by atoms with van der Waals surface area (Å²) in [6, 6.07) is 33.4. The molecule has 0 aromatic heterocycles. The quantitative estimate of drug-likeness (QED) is 0.177. The second-order valence-electron chi connectivity index (χ2n) is 12.6. The van der Waals surface area contributed by atoms with E-state index in [2.05, 4.69) is 139 Å². The molecule has 2 aliphatic carbocycles. The van der Waals surface area contributed by atoms with E-state index in [9.17, 15) is 0 Å². The van der Waals surface area contributed by atoms with Gasteiger partial charge in [-0.25, -0.2) is 0 Å². The zero-order chi connectivity index (χ0) is 27.2. The van der Waals surface area contributed by atoms with Crippen molar-refractivity contribution in [1.82, 2.24) is 0 Å². The van der Waals surface area contributed by atoms with E-state index in [0.29, 0.717) is 13.6 Å². The molecule has 2 heteroatoms. The van der Waals surface area contributed by atoms with Gasteiger partial charge >= 0.3 is 238 Å². The summed E-state index contributed by atoms with van der Waals surface area (Å²) < 4.78 is 6.84. The van der Waals surface area contributed by atoms with Gasteiger partial charge in [-0.05, 0) is 0 Å². The zero-order valence-electron chi connectivity index (χ0n) is 24.0. The first-order valence-electron chi connectivity index (χ1n) is 14.6. The maximum atomic E-state index is 2.83. The fourth-order valence-corrected chi connectivity index (χ4v) is 47.7. The van der Waals surface area contributed by atoms with Crippen molar-refractivity contribution in [3.05, 3.63) is 130 Å². The van der Waals surface area contributed by atoms with Crippen LogP contribution in [0.3, 0.4) is 0 Å². The van der Waals surface area contributed by atoms with Crippen LogP contribution in [0.15, 0.2) is 97.1 Å². The fourth-order valence-electron chi connectivity index (χ4n) is 7.53. The van der Waals surface area contributed by atoms with Gasteiger partial charge in [0.05, 0.1) is 0 Å². The van der Waals surface area contributed by atoms with Crippen molar-refractivity contribution < 1.29 is 17.1 Å². The van der Waals surface area contributed by atoms with E-state index in [0.717, 1.165) is 0 Å². The number of aryl methyl sites for hydroxylation is 2. The van der Waals surface area contributed by atoms with Crippen LogP contribution in [-0.2, 0) is 17.1 Å². The van der Waals surface area contributed by atoms with Gasteiger partial charge in [0.25, 0.3) is 0 Å². The second kappa shape index (κ2) is 10.1. The Morgan fingerprint density at radius 2 is 1.03 bits per heavy atom. The predicted molar refractivity (Wildman–Crippen MR) is 171 cm³/mol.